The largest absolute Gasteiger partial charge is 0.433 e. The number of rotatable bonds is 9. The van der Waals surface area contributed by atoms with Crippen LogP contribution in [0.1, 0.15) is 35.0 Å². The fourth-order valence-corrected chi connectivity index (χ4v) is 6.29. The molecule has 1 amide bonds. The van der Waals surface area contributed by atoms with Crippen LogP contribution >= 0.6 is 0 Å². The van der Waals surface area contributed by atoms with Crippen molar-refractivity contribution < 1.29 is 22.4 Å². The van der Waals surface area contributed by atoms with Crippen molar-refractivity contribution in [2.75, 3.05) is 51.6 Å². The van der Waals surface area contributed by atoms with E-state index in [-0.39, 0.29) is 17.2 Å². The second-order valence-corrected chi connectivity index (χ2v) is 11.7. The summed E-state index contributed by atoms with van der Waals surface area (Å²) >= 11 is 0. The standard InChI is InChI=1S/C29H34F3N9O/c1-3-20-10-21(4-5-22(20)28(42)36-13-18-6-9-41(2,16-18)17-19-11-33-12-19)38-26-27-35-15-24(40(27)8-7-34-26)23-14-37-39-25(23)29(30,31)32/h4-5,7-8,10,14-15,18-19,33H,3,6,9,11-13,16-17H2,1-2H3,(H2-,34,36,37,38,39,42)/p+1. The number of hydrogen-bond donors (Lipinski definition) is 4. The Morgan fingerprint density at radius 3 is 2.76 bits per heavy atom. The number of imidazole rings is 1. The smallest absolute Gasteiger partial charge is 0.352 e. The number of carbonyl (C=O) groups is 1. The third-order valence-corrected chi connectivity index (χ3v) is 8.51. The van der Waals surface area contributed by atoms with Crippen molar-refractivity contribution in [3.8, 4) is 11.3 Å². The molecular weight excluding hydrogens is 547 g/mol. The Balaban J connectivity index is 1.14. The summed E-state index contributed by atoms with van der Waals surface area (Å²) in [5, 5.41) is 15.4. The Bertz CT molecular complexity index is 1590. The van der Waals surface area contributed by atoms with Gasteiger partial charge in [-0.2, -0.15) is 18.3 Å². The Hall–Kier alpha value is -3.97. The minimum Gasteiger partial charge on any atom is -0.352 e. The first-order valence-electron chi connectivity index (χ1n) is 14.3. The highest BCUT2D eigenvalue weighted by molar-refractivity contribution is 5.96. The number of nitrogens with zero attached hydrogens (tertiary/aromatic N) is 5. The first-order valence-corrected chi connectivity index (χ1v) is 14.3. The number of hydrogen-bond acceptors (Lipinski definition) is 6. The SMILES string of the molecule is CCc1cc(Nc2nccn3c(-c4cn[nH]c4C(F)(F)F)cnc23)ccc1C(=O)NCC1CC[N+](C)(CC2CNC2)C1. The van der Waals surface area contributed by atoms with E-state index in [1.54, 1.807) is 18.3 Å². The summed E-state index contributed by atoms with van der Waals surface area (Å²) in [5.74, 6) is 1.53. The molecule has 2 aliphatic heterocycles. The maximum absolute atomic E-state index is 13.5. The Labute approximate surface area is 241 Å². The van der Waals surface area contributed by atoms with Crippen LogP contribution in [0.2, 0.25) is 0 Å². The van der Waals surface area contributed by atoms with E-state index >= 15 is 0 Å². The fourth-order valence-electron chi connectivity index (χ4n) is 6.29. The average Bonchev–Trinajstić information content (AvgIpc) is 3.68. The normalized spacial score (nSPS) is 21.0. The monoisotopic (exact) mass is 582 g/mol. The molecule has 5 heterocycles. The third kappa shape index (κ3) is 5.58. The highest BCUT2D eigenvalue weighted by Gasteiger charge is 2.38. The second kappa shape index (κ2) is 11.0. The highest BCUT2D eigenvalue weighted by atomic mass is 19.4. The lowest BCUT2D eigenvalue weighted by Gasteiger charge is -2.37. The lowest BCUT2D eigenvalue weighted by molar-refractivity contribution is -0.902. The number of quaternary nitrogens is 1. The van der Waals surface area contributed by atoms with Crippen molar-refractivity contribution >= 4 is 23.1 Å². The Kier molecular flexibility index (Phi) is 7.39. The zero-order chi connectivity index (χ0) is 29.5. The zero-order valence-corrected chi connectivity index (χ0v) is 23.6. The molecule has 222 valence electrons. The van der Waals surface area contributed by atoms with Crippen molar-refractivity contribution in [1.82, 2.24) is 35.2 Å². The number of aromatic nitrogens is 5. The summed E-state index contributed by atoms with van der Waals surface area (Å²) in [4.78, 5) is 21.9. The minimum absolute atomic E-state index is 0.0820. The van der Waals surface area contributed by atoms with Crippen LogP contribution in [0.5, 0.6) is 0 Å². The molecule has 1 aromatic carbocycles. The number of alkyl halides is 3. The molecule has 4 aromatic rings. The van der Waals surface area contributed by atoms with E-state index in [9.17, 15) is 18.0 Å². The van der Waals surface area contributed by atoms with Crippen molar-refractivity contribution in [1.29, 1.82) is 0 Å². The minimum atomic E-state index is -4.58. The number of benzene rings is 1. The molecule has 0 aliphatic carbocycles. The first kappa shape index (κ1) is 28.2. The van der Waals surface area contributed by atoms with E-state index in [0.717, 1.165) is 54.8 Å². The van der Waals surface area contributed by atoms with E-state index in [0.29, 0.717) is 41.6 Å². The maximum atomic E-state index is 13.5. The van der Waals surface area contributed by atoms with Gasteiger partial charge >= 0.3 is 6.18 Å². The van der Waals surface area contributed by atoms with Crippen LogP contribution in [0.25, 0.3) is 16.9 Å². The second-order valence-electron chi connectivity index (χ2n) is 11.7. The van der Waals surface area contributed by atoms with Gasteiger partial charge in [0, 0.05) is 61.5 Å². The average molecular weight is 583 g/mol. The summed E-state index contributed by atoms with van der Waals surface area (Å²) in [5.41, 5.74) is 1.76. The van der Waals surface area contributed by atoms with Crippen LogP contribution < -0.4 is 16.0 Å². The van der Waals surface area contributed by atoms with E-state index in [1.165, 1.54) is 23.3 Å². The molecule has 3 aromatic heterocycles. The molecule has 0 spiro atoms. The molecular formula is C29H35F3N9O+. The summed E-state index contributed by atoms with van der Waals surface area (Å²) < 4.78 is 43.0. The van der Waals surface area contributed by atoms with E-state index in [4.69, 9.17) is 0 Å². The van der Waals surface area contributed by atoms with E-state index in [1.807, 2.05) is 18.1 Å². The molecule has 0 radical (unpaired) electrons. The molecule has 2 aliphatic rings. The molecule has 4 N–H and O–H groups in total. The Morgan fingerprint density at radius 1 is 1.19 bits per heavy atom. The number of fused-ring (bicyclic) bond motifs is 1. The number of aromatic amines is 1. The molecule has 2 saturated heterocycles. The topological polar surface area (TPSA) is 112 Å². The highest BCUT2D eigenvalue weighted by Crippen LogP contribution is 2.36. The maximum Gasteiger partial charge on any atom is 0.433 e. The molecule has 2 atom stereocenters. The van der Waals surface area contributed by atoms with Gasteiger partial charge in [-0.25, -0.2) is 9.97 Å². The van der Waals surface area contributed by atoms with Crippen molar-refractivity contribution in [2.45, 2.75) is 25.9 Å². The van der Waals surface area contributed by atoms with Gasteiger partial charge in [-0.15, -0.1) is 0 Å². The molecule has 2 unspecified atom stereocenters. The van der Waals surface area contributed by atoms with Gasteiger partial charge < -0.3 is 20.4 Å². The Morgan fingerprint density at radius 2 is 2.02 bits per heavy atom. The quantitative estimate of drug-likeness (QED) is 0.223. The molecule has 2 fully saturated rings. The van der Waals surface area contributed by atoms with Gasteiger partial charge in [0.15, 0.2) is 11.5 Å². The predicted molar refractivity (Wildman–Crippen MR) is 152 cm³/mol. The van der Waals surface area contributed by atoms with Gasteiger partial charge in [0.25, 0.3) is 5.91 Å². The van der Waals surface area contributed by atoms with E-state index in [2.05, 4.69) is 38.1 Å². The number of H-pyrrole nitrogens is 1. The van der Waals surface area contributed by atoms with E-state index < -0.39 is 11.9 Å². The van der Waals surface area contributed by atoms with Crippen LogP contribution in [0.15, 0.2) is 43.0 Å². The first-order chi connectivity index (χ1) is 20.1. The van der Waals surface area contributed by atoms with Crippen LogP contribution in [0.3, 0.4) is 0 Å². The molecule has 0 saturated carbocycles. The molecule has 0 bridgehead atoms. The van der Waals surface area contributed by atoms with Gasteiger partial charge in [0.2, 0.25) is 0 Å². The van der Waals surface area contributed by atoms with Crippen LogP contribution in [-0.4, -0.2) is 81.3 Å². The van der Waals surface area contributed by atoms with Gasteiger partial charge in [0.1, 0.15) is 5.69 Å². The van der Waals surface area contributed by atoms with Crippen LogP contribution in [-0.2, 0) is 12.6 Å². The summed E-state index contributed by atoms with van der Waals surface area (Å²) in [7, 11) is 2.33. The van der Waals surface area contributed by atoms with Crippen molar-refractivity contribution in [3.63, 3.8) is 0 Å². The molecule has 13 heteroatoms. The lowest BCUT2D eigenvalue weighted by Crippen LogP contribution is -2.54. The van der Waals surface area contributed by atoms with Gasteiger partial charge in [-0.1, -0.05) is 6.92 Å². The van der Waals surface area contributed by atoms with Crippen LogP contribution in [0.4, 0.5) is 24.7 Å². The van der Waals surface area contributed by atoms with Gasteiger partial charge in [0.05, 0.1) is 50.3 Å². The predicted octanol–water partition coefficient (Wildman–Crippen LogP) is 3.86. The summed E-state index contributed by atoms with van der Waals surface area (Å²) in [6.45, 7) is 8.33. The van der Waals surface area contributed by atoms with Crippen molar-refractivity contribution in [2.24, 2.45) is 11.8 Å². The number of nitrogens with one attached hydrogen (secondary N) is 4. The molecule has 42 heavy (non-hydrogen) atoms. The number of anilines is 2. The number of amides is 1. The van der Waals surface area contributed by atoms with Gasteiger partial charge in [-0.3, -0.25) is 14.3 Å². The lowest BCUT2D eigenvalue weighted by atomic mass is 10.0. The number of carbonyl (C=O) groups excluding carboxylic acids is 1. The number of halogens is 3. The summed E-state index contributed by atoms with van der Waals surface area (Å²) in [6, 6.07) is 5.50. The molecule has 10 nitrogen and oxygen atoms in total. The summed E-state index contributed by atoms with van der Waals surface area (Å²) in [6.07, 6.45) is 2.73. The number of likely N-dealkylation sites (tertiary alicyclic amines) is 1. The van der Waals surface area contributed by atoms with Crippen molar-refractivity contribution in [3.05, 3.63) is 59.8 Å². The van der Waals surface area contributed by atoms with Gasteiger partial charge in [-0.05, 0) is 30.2 Å². The zero-order valence-electron chi connectivity index (χ0n) is 23.6. The van der Waals surface area contributed by atoms with Crippen LogP contribution in [0, 0.1) is 11.8 Å². The number of aryl methyl sites for hydroxylation is 1. The fraction of sp³-hybridized carbons (Fsp3) is 0.448. The molecule has 6 rings (SSSR count). The third-order valence-electron chi connectivity index (χ3n) is 8.51.